The lowest BCUT2D eigenvalue weighted by molar-refractivity contribution is -0.306. The highest BCUT2D eigenvalue weighted by atomic mass is 16.8. The minimum absolute atomic E-state index is 0.0265. The molecule has 0 amide bonds. The summed E-state index contributed by atoms with van der Waals surface area (Å²) >= 11 is 0. The Kier molecular flexibility index (Phi) is 26.9. The number of aromatic nitrogens is 6. The zero-order chi connectivity index (χ0) is 72.6. The van der Waals surface area contributed by atoms with Gasteiger partial charge in [-0.3, -0.25) is 0 Å². The molecule has 38 atom stereocenters. The molecule has 2 saturated carbocycles. The maximum atomic E-state index is 12.1. The fourth-order valence-corrected chi connectivity index (χ4v) is 14.0. The predicted octanol–water partition coefficient (Wildman–Crippen LogP) is -15.0. The van der Waals surface area contributed by atoms with Crippen molar-refractivity contribution in [3.05, 3.63) is 34.9 Å². The van der Waals surface area contributed by atoms with Crippen LogP contribution >= 0.6 is 0 Å². The van der Waals surface area contributed by atoms with Crippen molar-refractivity contribution in [3.8, 4) is 0 Å². The summed E-state index contributed by atoms with van der Waals surface area (Å²) in [6.45, 7) is 2.80. The average molecular weight is 1440 g/mol. The third-order valence-electron chi connectivity index (χ3n) is 20.5. The van der Waals surface area contributed by atoms with Gasteiger partial charge in [0.25, 0.3) is 0 Å². The summed E-state index contributed by atoms with van der Waals surface area (Å²) in [5.74, 6) is 0. The lowest BCUT2D eigenvalue weighted by atomic mass is 9.84. The highest BCUT2D eigenvalue weighted by Gasteiger charge is 2.58. The molecule has 8 aliphatic rings. The number of allylic oxidation sites excluding steroid dienone is 2. The molecule has 572 valence electrons. The molecule has 8 heterocycles. The highest BCUT2D eigenvalue weighted by Crippen LogP contribution is 2.38. The summed E-state index contributed by atoms with van der Waals surface area (Å²) < 4.78 is 76.7. The number of aliphatic hydroxyl groups excluding tert-OH is 12. The molecule has 0 aromatic carbocycles. The van der Waals surface area contributed by atoms with Crippen LogP contribution in [0, 0.1) is 0 Å². The highest BCUT2D eigenvalue weighted by molar-refractivity contribution is 5.14. The maximum absolute atomic E-state index is 12.1. The van der Waals surface area contributed by atoms with Gasteiger partial charge in [0.15, 0.2) is 37.7 Å². The Morgan fingerprint density at radius 3 is 0.920 bits per heavy atom. The molecule has 42 heteroatoms. The van der Waals surface area contributed by atoms with Gasteiger partial charge in [-0.25, -0.2) is 9.36 Å². The first-order chi connectivity index (χ1) is 47.5. The van der Waals surface area contributed by atoms with Gasteiger partial charge in [-0.2, -0.15) is 0 Å². The van der Waals surface area contributed by atoms with E-state index in [9.17, 15) is 61.3 Å². The predicted molar refractivity (Wildman–Crippen MR) is 338 cm³/mol. The van der Waals surface area contributed by atoms with E-state index in [1.54, 1.807) is 12.4 Å². The molecule has 100 heavy (non-hydrogen) atoms. The van der Waals surface area contributed by atoms with E-state index in [1.807, 2.05) is 13.8 Å². The summed E-state index contributed by atoms with van der Waals surface area (Å²) in [5, 5.41) is 150. The van der Waals surface area contributed by atoms with E-state index < -0.39 is 233 Å². The normalized spacial score (nSPS) is 47.6. The topological polar surface area (TPSA) is 727 Å². The van der Waals surface area contributed by atoms with Crippen molar-refractivity contribution in [2.75, 3.05) is 26.2 Å². The molecule has 2 aliphatic carbocycles. The molecule has 6 saturated heterocycles. The second-order valence-corrected chi connectivity index (χ2v) is 27.6. The SMILES string of the molecule is CC(CCc1cn(C[C@H]2O[C@@H](O[C@H]3C(O[C@H]4OC(CN)C(O)[C@H](O)C4N)C(N)C[C@@H](N)C3O)[C@@H](O)C2O[C@H]2O[C@@H](CN)C(O)C(O)C2N)nn1)=C(C)CCc1cn(C[C@H]2O[C@@H](O[C@H]3C(O[C@H]4OC(CN)C(O)[C@H](O)C4N)C(N)C[C@@H](N)C3O)[C@@H](O)C2O[C@H]2O[C@@H](CN)C(O)C(O)C2N)nn1. The molecule has 0 spiro atoms. The molecule has 20 unspecified atom stereocenters. The summed E-state index contributed by atoms with van der Waals surface area (Å²) in [5.41, 5.74) is 77.4. The molecular formula is C58H106N18O24. The molecule has 42 nitrogen and oxygen atoms in total. The molecule has 36 N–H and O–H groups in total. The van der Waals surface area contributed by atoms with Gasteiger partial charge in [-0.05, 0) is 52.4 Å². The van der Waals surface area contributed by atoms with Gasteiger partial charge in [0, 0.05) is 62.7 Å². The molecule has 0 radical (unpaired) electrons. The van der Waals surface area contributed by atoms with Gasteiger partial charge in [-0.1, -0.05) is 21.6 Å². The second kappa shape index (κ2) is 34.0. The molecule has 0 bridgehead atoms. The first-order valence-electron chi connectivity index (χ1n) is 33.8. The van der Waals surface area contributed by atoms with E-state index in [2.05, 4.69) is 20.6 Å². The van der Waals surface area contributed by atoms with Crippen LogP contribution in [0.5, 0.6) is 0 Å². The van der Waals surface area contributed by atoms with Gasteiger partial charge in [0.05, 0.1) is 60.9 Å². The zero-order valence-corrected chi connectivity index (χ0v) is 55.5. The Balaban J connectivity index is 0.791. The summed E-state index contributed by atoms with van der Waals surface area (Å²) in [4.78, 5) is 0. The minimum atomic E-state index is -1.69. The Bertz CT molecular complexity index is 2740. The number of aryl methyl sites for hydroxylation is 2. The van der Waals surface area contributed by atoms with E-state index in [0.29, 0.717) is 37.1 Å². The molecule has 8 fully saturated rings. The lowest BCUT2D eigenvalue weighted by Gasteiger charge is -2.47. The molecule has 10 rings (SSSR count). The van der Waals surface area contributed by atoms with Gasteiger partial charge in [0.2, 0.25) is 0 Å². The number of hydrogen-bond donors (Lipinski definition) is 24. The van der Waals surface area contributed by atoms with E-state index in [-0.39, 0.29) is 52.1 Å². The van der Waals surface area contributed by atoms with Crippen LogP contribution in [0.4, 0.5) is 0 Å². The number of hydrogen-bond acceptors (Lipinski definition) is 40. The first-order valence-corrected chi connectivity index (χ1v) is 33.8. The van der Waals surface area contributed by atoms with Crippen molar-refractivity contribution in [2.24, 2.45) is 68.8 Å². The molecule has 6 aliphatic heterocycles. The number of aliphatic hydroxyl groups is 12. The van der Waals surface area contributed by atoms with Crippen LogP contribution in [0.1, 0.15) is 50.9 Å². The largest absolute Gasteiger partial charge is 0.389 e. The van der Waals surface area contributed by atoms with Crippen LogP contribution in [0.2, 0.25) is 0 Å². The average Bonchev–Trinajstić information content (AvgIpc) is 1.37. The monoisotopic (exact) mass is 1440 g/mol. The number of rotatable bonds is 26. The quantitative estimate of drug-likeness (QED) is 0.0389. The lowest BCUT2D eigenvalue weighted by Crippen LogP contribution is -2.68. The molecule has 2 aromatic rings. The van der Waals surface area contributed by atoms with E-state index in [0.717, 1.165) is 11.1 Å². The maximum Gasteiger partial charge on any atom is 0.187 e. The van der Waals surface area contributed by atoms with Crippen molar-refractivity contribution in [1.29, 1.82) is 0 Å². The Morgan fingerprint density at radius 1 is 0.360 bits per heavy atom. The van der Waals surface area contributed by atoms with Crippen LogP contribution in [0.25, 0.3) is 0 Å². The molecular weight excluding hydrogens is 1330 g/mol. The fourth-order valence-electron chi connectivity index (χ4n) is 14.0. The smallest absolute Gasteiger partial charge is 0.187 e. The van der Waals surface area contributed by atoms with Crippen molar-refractivity contribution < 1.29 is 118 Å². The Hall–Kier alpha value is -3.42. The van der Waals surface area contributed by atoms with Crippen molar-refractivity contribution >= 4 is 0 Å². The van der Waals surface area contributed by atoms with E-state index >= 15 is 0 Å². The first kappa shape index (κ1) is 79.2. The molecule has 2 aromatic heterocycles. The van der Waals surface area contributed by atoms with E-state index in [4.69, 9.17) is 126 Å². The van der Waals surface area contributed by atoms with Gasteiger partial charge < -0.3 is 187 Å². The van der Waals surface area contributed by atoms with Crippen LogP contribution in [-0.4, -0.2) is 350 Å². The van der Waals surface area contributed by atoms with Gasteiger partial charge in [0.1, 0.15) is 134 Å². The Labute approximate surface area is 574 Å². The number of nitrogens with two attached hydrogens (primary N) is 12. The number of nitrogens with zero attached hydrogens (tertiary/aromatic N) is 6. The van der Waals surface area contributed by atoms with Gasteiger partial charge >= 0.3 is 0 Å². The second-order valence-electron chi connectivity index (χ2n) is 27.6. The van der Waals surface area contributed by atoms with Crippen molar-refractivity contribution in [2.45, 2.75) is 298 Å². The summed E-state index contributed by atoms with van der Waals surface area (Å²) in [6.07, 6.45) is -36.7. The van der Waals surface area contributed by atoms with Crippen LogP contribution in [0.15, 0.2) is 23.5 Å². The summed E-state index contributed by atoms with van der Waals surface area (Å²) in [6, 6.07) is -9.07. The van der Waals surface area contributed by atoms with Crippen molar-refractivity contribution in [3.63, 3.8) is 0 Å². The van der Waals surface area contributed by atoms with E-state index in [1.165, 1.54) is 9.36 Å². The van der Waals surface area contributed by atoms with Crippen LogP contribution in [-0.2, 0) is 82.8 Å². The third-order valence-corrected chi connectivity index (χ3v) is 20.5. The van der Waals surface area contributed by atoms with Gasteiger partial charge in [-0.15, -0.1) is 10.2 Å². The van der Waals surface area contributed by atoms with Crippen LogP contribution < -0.4 is 68.8 Å². The van der Waals surface area contributed by atoms with Crippen LogP contribution in [0.3, 0.4) is 0 Å². The Morgan fingerprint density at radius 2 is 0.630 bits per heavy atom. The minimum Gasteiger partial charge on any atom is -0.389 e. The van der Waals surface area contributed by atoms with Crippen molar-refractivity contribution in [1.82, 2.24) is 30.0 Å². The summed E-state index contributed by atoms with van der Waals surface area (Å²) in [7, 11) is 0. The standard InChI is InChI=1S/C58H106N18O24/c1-17(3-5-19-13-75(73-71-19)15-29-49(97-55-33(69)43(85)39(81)27(11-61)91-55)45(87)57(93-29)99-51-35(77)21(63)7-23(65)47(51)95-53-31(67)41(83)37(79)25(9-59)89-53)18(2)4-6-20-14-76(74-72-20)16-30-50(98-56-34(70)44(86)40(82)28(12-62)92-56)46(88)58(94-30)100-52-36(78)22(64)8-24(66)48(52)96-54-32(68)42(84)38(80)26(10-60)90-54/h13-14,21-58,77-88H,3-12,15-16,59-70H2,1-2H3/t21-,22-,23?,24?,25?,26?,27+,28+,29-,30-,31?,32?,33?,34?,35?,36?,37?,38?,39?,40?,41-,42-,43?,44?,45+,46+,47?,48?,49?,50?,51-,52-,53-,54-,55-,56-,57+,58+/m1/s1. The zero-order valence-electron chi connectivity index (χ0n) is 55.5. The third kappa shape index (κ3) is 17.0. The fraction of sp³-hybridized carbons (Fsp3) is 0.897. The number of ether oxygens (including phenoxy) is 12.